The molecule has 25 heavy (non-hydrogen) atoms. The Balaban J connectivity index is 1.42. The maximum Gasteiger partial charge on any atom is 0.271 e. The molecular formula is C19H24N4O2. The van der Waals surface area contributed by atoms with E-state index in [0.29, 0.717) is 24.7 Å². The van der Waals surface area contributed by atoms with E-state index >= 15 is 0 Å². The average molecular weight is 340 g/mol. The second kappa shape index (κ2) is 6.96. The predicted octanol–water partition coefficient (Wildman–Crippen LogP) is 1.66. The fourth-order valence-corrected chi connectivity index (χ4v) is 3.51. The Bertz CT molecular complexity index is 828. The minimum Gasteiger partial charge on any atom is -0.356 e. The fourth-order valence-electron chi connectivity index (χ4n) is 3.51. The lowest BCUT2D eigenvalue weighted by Crippen LogP contribution is -2.43. The maximum atomic E-state index is 12.3. The third-order valence-corrected chi connectivity index (χ3v) is 5.18. The zero-order chi connectivity index (χ0) is 17.2. The van der Waals surface area contributed by atoms with Crippen molar-refractivity contribution in [3.05, 3.63) is 40.3 Å². The smallest absolute Gasteiger partial charge is 0.271 e. The van der Waals surface area contributed by atoms with Crippen molar-refractivity contribution in [3.63, 3.8) is 0 Å². The number of benzene rings is 1. The quantitative estimate of drug-likeness (QED) is 0.868. The molecule has 2 heterocycles. The molecule has 2 aromatic rings. The fraction of sp³-hybridized carbons (Fsp3) is 0.526. The van der Waals surface area contributed by atoms with Crippen LogP contribution < -0.4 is 10.9 Å². The summed E-state index contributed by atoms with van der Waals surface area (Å²) in [5.74, 6) is 0.882. The highest BCUT2D eigenvalue weighted by Gasteiger charge is 2.28. The van der Waals surface area contributed by atoms with E-state index in [-0.39, 0.29) is 17.4 Å². The van der Waals surface area contributed by atoms with E-state index in [2.05, 4.69) is 20.2 Å². The van der Waals surface area contributed by atoms with Gasteiger partial charge in [-0.05, 0) is 50.3 Å². The zero-order valence-electron chi connectivity index (χ0n) is 14.3. The highest BCUT2D eigenvalue weighted by atomic mass is 16.2. The first kappa shape index (κ1) is 16.3. The summed E-state index contributed by atoms with van der Waals surface area (Å²) in [5.41, 5.74) is 1.94. The highest BCUT2D eigenvalue weighted by Crippen LogP contribution is 2.28. The van der Waals surface area contributed by atoms with Crippen LogP contribution in [0.5, 0.6) is 0 Å². The number of nitrogens with zero attached hydrogens (tertiary/aromatic N) is 2. The second-order valence-corrected chi connectivity index (χ2v) is 7.29. The minimum absolute atomic E-state index is 0.0204. The number of aromatic nitrogens is 2. The van der Waals surface area contributed by atoms with Crippen LogP contribution in [0.4, 0.5) is 0 Å². The standard InChI is InChI=1S/C19H24N4O2/c24-18(20-10-13-7-8-13)14-4-3-9-23(11-14)12-17-19(25)22-16-6-2-1-5-15(16)21-17/h1-2,5-6,13-14H,3-4,7-12H2,(H,20,24)(H,22,25)/t14-/m1/s1. The van der Waals surface area contributed by atoms with Crippen LogP contribution >= 0.6 is 0 Å². The number of amides is 1. The predicted molar refractivity (Wildman–Crippen MR) is 96.1 cm³/mol. The monoisotopic (exact) mass is 340 g/mol. The first-order valence-corrected chi connectivity index (χ1v) is 9.17. The van der Waals surface area contributed by atoms with Gasteiger partial charge in [-0.2, -0.15) is 0 Å². The van der Waals surface area contributed by atoms with Crippen LogP contribution in [0.25, 0.3) is 11.0 Å². The van der Waals surface area contributed by atoms with Crippen LogP contribution in [-0.4, -0.2) is 40.4 Å². The number of hydrogen-bond donors (Lipinski definition) is 2. The molecule has 1 amide bonds. The van der Waals surface area contributed by atoms with Gasteiger partial charge in [0.1, 0.15) is 5.69 Å². The molecule has 1 atom stereocenters. The van der Waals surface area contributed by atoms with Crippen molar-refractivity contribution in [1.29, 1.82) is 0 Å². The zero-order valence-corrected chi connectivity index (χ0v) is 14.3. The van der Waals surface area contributed by atoms with Crippen LogP contribution in [0.1, 0.15) is 31.4 Å². The van der Waals surface area contributed by atoms with Crippen LogP contribution in [-0.2, 0) is 11.3 Å². The number of rotatable bonds is 5. The number of nitrogens with one attached hydrogen (secondary N) is 2. The Labute approximate surface area is 146 Å². The number of H-pyrrole nitrogens is 1. The molecule has 0 bridgehead atoms. The van der Waals surface area contributed by atoms with Crippen molar-refractivity contribution in [3.8, 4) is 0 Å². The van der Waals surface area contributed by atoms with Gasteiger partial charge in [0.25, 0.3) is 5.56 Å². The molecule has 6 heteroatoms. The number of likely N-dealkylation sites (tertiary alicyclic amines) is 1. The van der Waals surface area contributed by atoms with E-state index in [1.807, 2.05) is 24.3 Å². The molecule has 1 saturated carbocycles. The van der Waals surface area contributed by atoms with Crippen molar-refractivity contribution in [2.45, 2.75) is 32.2 Å². The van der Waals surface area contributed by atoms with Crippen molar-refractivity contribution in [2.24, 2.45) is 11.8 Å². The van der Waals surface area contributed by atoms with Crippen molar-refractivity contribution in [1.82, 2.24) is 20.2 Å². The molecule has 0 radical (unpaired) electrons. The lowest BCUT2D eigenvalue weighted by Gasteiger charge is -2.31. The van der Waals surface area contributed by atoms with E-state index in [9.17, 15) is 9.59 Å². The van der Waals surface area contributed by atoms with Gasteiger partial charge in [-0.25, -0.2) is 4.98 Å². The number of fused-ring (bicyclic) bond motifs is 1. The lowest BCUT2D eigenvalue weighted by atomic mass is 9.97. The van der Waals surface area contributed by atoms with Crippen LogP contribution in [0, 0.1) is 11.8 Å². The minimum atomic E-state index is -0.140. The molecule has 1 aromatic carbocycles. The van der Waals surface area contributed by atoms with Gasteiger partial charge in [0.2, 0.25) is 5.91 Å². The van der Waals surface area contributed by atoms with Gasteiger partial charge in [-0.1, -0.05) is 12.1 Å². The van der Waals surface area contributed by atoms with E-state index in [1.165, 1.54) is 12.8 Å². The molecule has 1 aromatic heterocycles. The van der Waals surface area contributed by atoms with Crippen molar-refractivity contribution >= 4 is 16.9 Å². The van der Waals surface area contributed by atoms with Crippen LogP contribution in [0.3, 0.4) is 0 Å². The summed E-state index contributed by atoms with van der Waals surface area (Å²) in [7, 11) is 0. The lowest BCUT2D eigenvalue weighted by molar-refractivity contribution is -0.126. The first-order chi connectivity index (χ1) is 12.2. The van der Waals surface area contributed by atoms with Crippen LogP contribution in [0.2, 0.25) is 0 Å². The number of para-hydroxylation sites is 2. The molecule has 0 spiro atoms. The first-order valence-electron chi connectivity index (χ1n) is 9.17. The summed E-state index contributed by atoms with van der Waals surface area (Å²) >= 11 is 0. The van der Waals surface area contributed by atoms with E-state index in [0.717, 1.165) is 37.0 Å². The Hall–Kier alpha value is -2.21. The van der Waals surface area contributed by atoms with E-state index < -0.39 is 0 Å². The highest BCUT2D eigenvalue weighted by molar-refractivity contribution is 5.79. The normalized spacial score (nSPS) is 21.4. The number of carbonyl (C=O) groups excluding carboxylic acids is 1. The Morgan fingerprint density at radius 3 is 2.96 bits per heavy atom. The molecule has 2 aliphatic rings. The Kier molecular flexibility index (Phi) is 4.53. The molecule has 2 fully saturated rings. The molecule has 1 saturated heterocycles. The van der Waals surface area contributed by atoms with Crippen molar-refractivity contribution in [2.75, 3.05) is 19.6 Å². The van der Waals surface area contributed by atoms with Gasteiger partial charge in [0.15, 0.2) is 0 Å². The van der Waals surface area contributed by atoms with Gasteiger partial charge in [0.05, 0.1) is 17.0 Å². The molecular weight excluding hydrogens is 316 g/mol. The third-order valence-electron chi connectivity index (χ3n) is 5.18. The van der Waals surface area contributed by atoms with E-state index in [1.54, 1.807) is 0 Å². The number of aromatic amines is 1. The topological polar surface area (TPSA) is 78.1 Å². The maximum absolute atomic E-state index is 12.3. The molecule has 2 N–H and O–H groups in total. The molecule has 1 aliphatic heterocycles. The summed E-state index contributed by atoms with van der Waals surface area (Å²) in [4.78, 5) is 34.2. The summed E-state index contributed by atoms with van der Waals surface area (Å²) in [6.45, 7) is 2.92. The number of piperidine rings is 1. The molecule has 4 rings (SSSR count). The van der Waals surface area contributed by atoms with Gasteiger partial charge >= 0.3 is 0 Å². The number of carbonyl (C=O) groups is 1. The van der Waals surface area contributed by atoms with Crippen molar-refractivity contribution < 1.29 is 4.79 Å². The Morgan fingerprint density at radius 1 is 1.28 bits per heavy atom. The largest absolute Gasteiger partial charge is 0.356 e. The number of hydrogen-bond acceptors (Lipinski definition) is 4. The SMILES string of the molecule is O=C(NCC1CC1)[C@@H]1CCCN(Cc2nc3ccccc3[nH]c2=O)C1. The molecule has 6 nitrogen and oxygen atoms in total. The Morgan fingerprint density at radius 2 is 2.12 bits per heavy atom. The van der Waals surface area contributed by atoms with Gasteiger partial charge in [0, 0.05) is 19.6 Å². The van der Waals surface area contributed by atoms with Gasteiger partial charge in [-0.3, -0.25) is 14.5 Å². The molecule has 1 aliphatic carbocycles. The average Bonchev–Trinajstić information content (AvgIpc) is 3.45. The second-order valence-electron chi connectivity index (χ2n) is 7.29. The van der Waals surface area contributed by atoms with Gasteiger partial charge < -0.3 is 10.3 Å². The molecule has 0 unspecified atom stereocenters. The van der Waals surface area contributed by atoms with E-state index in [4.69, 9.17) is 0 Å². The van der Waals surface area contributed by atoms with Gasteiger partial charge in [-0.15, -0.1) is 0 Å². The summed E-state index contributed by atoms with van der Waals surface area (Å²) in [6, 6.07) is 7.56. The molecule has 132 valence electrons. The third kappa shape index (κ3) is 3.90. The summed E-state index contributed by atoms with van der Waals surface area (Å²) < 4.78 is 0. The summed E-state index contributed by atoms with van der Waals surface area (Å²) in [6.07, 6.45) is 4.39. The van der Waals surface area contributed by atoms with Crippen LogP contribution in [0.15, 0.2) is 29.1 Å². The summed E-state index contributed by atoms with van der Waals surface area (Å²) in [5, 5.41) is 3.09.